The maximum Gasteiger partial charge on any atom is 0.270 e. The van der Waals surface area contributed by atoms with E-state index in [-0.39, 0.29) is 11.6 Å². The summed E-state index contributed by atoms with van der Waals surface area (Å²) in [5.74, 6) is 0.174. The second-order valence-electron chi connectivity index (χ2n) is 4.01. The van der Waals surface area contributed by atoms with Crippen LogP contribution in [0.4, 0.5) is 11.6 Å². The van der Waals surface area contributed by atoms with E-state index in [9.17, 15) is 14.9 Å². The fourth-order valence-corrected chi connectivity index (χ4v) is 1.73. The summed E-state index contributed by atoms with van der Waals surface area (Å²) in [5, 5.41) is 13.3. The first-order chi connectivity index (χ1) is 8.99. The van der Waals surface area contributed by atoms with Gasteiger partial charge in [-0.3, -0.25) is 20.2 Å². The number of rotatable bonds is 3. The summed E-state index contributed by atoms with van der Waals surface area (Å²) in [7, 11) is 1.73. The third kappa shape index (κ3) is 2.59. The molecule has 7 nitrogen and oxygen atoms in total. The van der Waals surface area contributed by atoms with Gasteiger partial charge in [-0.05, 0) is 0 Å². The molecule has 0 spiro atoms. The van der Waals surface area contributed by atoms with Crippen molar-refractivity contribution < 1.29 is 9.72 Å². The van der Waals surface area contributed by atoms with Gasteiger partial charge in [-0.1, -0.05) is 12.1 Å². The number of nitro groups is 1. The number of benzene rings is 1. The number of anilines is 1. The van der Waals surface area contributed by atoms with Gasteiger partial charge in [0.05, 0.1) is 16.8 Å². The van der Waals surface area contributed by atoms with Gasteiger partial charge in [0.1, 0.15) is 0 Å². The molecule has 0 bridgehead atoms. The number of aromatic nitrogens is 2. The van der Waals surface area contributed by atoms with Crippen molar-refractivity contribution >= 4 is 17.5 Å². The zero-order valence-corrected chi connectivity index (χ0v) is 10.5. The Morgan fingerprint density at radius 3 is 2.84 bits per heavy atom. The molecule has 1 amide bonds. The highest BCUT2D eigenvalue weighted by Gasteiger charge is 2.12. The van der Waals surface area contributed by atoms with Crippen LogP contribution >= 0.6 is 0 Å². The number of nitrogens with zero attached hydrogens (tertiary/aromatic N) is 3. The molecule has 7 heteroatoms. The van der Waals surface area contributed by atoms with Crippen LogP contribution < -0.4 is 5.32 Å². The van der Waals surface area contributed by atoms with Gasteiger partial charge in [0.2, 0.25) is 11.9 Å². The van der Waals surface area contributed by atoms with Crippen molar-refractivity contribution in [2.24, 2.45) is 7.05 Å². The Bertz CT molecular complexity index is 648. The number of nitro benzene ring substituents is 1. The Morgan fingerprint density at radius 1 is 1.47 bits per heavy atom. The smallest absolute Gasteiger partial charge is 0.270 e. The number of hydrogen-bond donors (Lipinski definition) is 1. The first-order valence-corrected chi connectivity index (χ1v) is 5.53. The van der Waals surface area contributed by atoms with E-state index in [0.29, 0.717) is 17.2 Å². The normalized spacial score (nSPS) is 10.2. The molecular formula is C12H12N4O3. The number of carbonyl (C=O) groups is 1. The number of hydrogen-bond acceptors (Lipinski definition) is 4. The largest absolute Gasteiger partial charge is 0.313 e. The fraction of sp³-hybridized carbons (Fsp3) is 0.167. The van der Waals surface area contributed by atoms with Crippen LogP contribution in [0.25, 0.3) is 11.3 Å². The molecule has 0 atom stereocenters. The molecule has 1 aromatic carbocycles. The van der Waals surface area contributed by atoms with Gasteiger partial charge in [-0.2, -0.15) is 0 Å². The molecule has 1 N–H and O–H groups in total. The molecular weight excluding hydrogens is 248 g/mol. The van der Waals surface area contributed by atoms with Crippen LogP contribution in [0.5, 0.6) is 0 Å². The summed E-state index contributed by atoms with van der Waals surface area (Å²) in [5.41, 5.74) is 1.37. The second kappa shape index (κ2) is 4.89. The van der Waals surface area contributed by atoms with Crippen molar-refractivity contribution in [2.45, 2.75) is 6.92 Å². The SMILES string of the molecule is CC(=O)Nc1ncc(-c2cccc([N+](=O)[O-])c2)n1C. The molecule has 0 radical (unpaired) electrons. The summed E-state index contributed by atoms with van der Waals surface area (Å²) >= 11 is 0. The second-order valence-corrected chi connectivity index (χ2v) is 4.01. The first kappa shape index (κ1) is 12.7. The summed E-state index contributed by atoms with van der Waals surface area (Å²) in [4.78, 5) is 25.4. The Balaban J connectivity index is 2.42. The molecule has 0 saturated heterocycles. The van der Waals surface area contributed by atoms with Crippen LogP contribution in [-0.2, 0) is 11.8 Å². The quantitative estimate of drug-likeness (QED) is 0.674. The monoisotopic (exact) mass is 260 g/mol. The Labute approximate surface area is 109 Å². The van der Waals surface area contributed by atoms with Crippen LogP contribution in [0, 0.1) is 10.1 Å². The summed E-state index contributed by atoms with van der Waals surface area (Å²) in [6.45, 7) is 1.39. The molecule has 2 rings (SSSR count). The van der Waals surface area contributed by atoms with Gasteiger partial charge in [-0.25, -0.2) is 4.98 Å². The van der Waals surface area contributed by atoms with Crippen molar-refractivity contribution in [3.05, 3.63) is 40.6 Å². The highest BCUT2D eigenvalue weighted by Crippen LogP contribution is 2.25. The molecule has 0 aliphatic carbocycles. The minimum absolute atomic E-state index is 0.0137. The lowest BCUT2D eigenvalue weighted by atomic mass is 10.1. The molecule has 19 heavy (non-hydrogen) atoms. The molecule has 2 aromatic rings. The Kier molecular flexibility index (Phi) is 3.28. The predicted octanol–water partition coefficient (Wildman–Crippen LogP) is 1.95. The molecule has 1 aromatic heterocycles. The standard InChI is InChI=1S/C12H12N4O3/c1-8(17)14-12-13-7-11(15(12)2)9-4-3-5-10(6-9)16(18)19/h3-7H,1-2H3,(H,13,14,17). The van der Waals surface area contributed by atoms with Crippen LogP contribution in [0.1, 0.15) is 6.92 Å². The number of imidazole rings is 1. The lowest BCUT2D eigenvalue weighted by Crippen LogP contribution is -2.10. The molecule has 98 valence electrons. The summed E-state index contributed by atoms with van der Waals surface area (Å²) in [6, 6.07) is 6.25. The van der Waals surface area contributed by atoms with Crippen LogP contribution in [0.2, 0.25) is 0 Å². The minimum atomic E-state index is -0.450. The molecule has 0 unspecified atom stereocenters. The number of nitrogens with one attached hydrogen (secondary N) is 1. The molecule has 0 fully saturated rings. The summed E-state index contributed by atoms with van der Waals surface area (Å²) < 4.78 is 1.67. The van der Waals surface area contributed by atoms with Crippen molar-refractivity contribution in [1.29, 1.82) is 0 Å². The van der Waals surface area contributed by atoms with Gasteiger partial charge in [-0.15, -0.1) is 0 Å². The molecule has 0 aliphatic heterocycles. The zero-order valence-electron chi connectivity index (χ0n) is 10.5. The van der Waals surface area contributed by atoms with Crippen molar-refractivity contribution in [2.75, 3.05) is 5.32 Å². The van der Waals surface area contributed by atoms with Gasteiger partial charge < -0.3 is 4.57 Å². The number of amides is 1. The maximum absolute atomic E-state index is 11.0. The lowest BCUT2D eigenvalue weighted by molar-refractivity contribution is -0.384. The zero-order chi connectivity index (χ0) is 14.0. The van der Waals surface area contributed by atoms with Gasteiger partial charge in [0, 0.05) is 31.7 Å². The van der Waals surface area contributed by atoms with E-state index in [0.717, 1.165) is 0 Å². The molecule has 0 aliphatic rings. The number of carbonyl (C=O) groups excluding carboxylic acids is 1. The average molecular weight is 260 g/mol. The fourth-order valence-electron chi connectivity index (χ4n) is 1.73. The third-order valence-corrected chi connectivity index (χ3v) is 2.63. The molecule has 0 saturated carbocycles. The van der Waals surface area contributed by atoms with E-state index in [4.69, 9.17) is 0 Å². The lowest BCUT2D eigenvalue weighted by Gasteiger charge is -2.05. The topological polar surface area (TPSA) is 90.1 Å². The van der Waals surface area contributed by atoms with Gasteiger partial charge >= 0.3 is 0 Å². The van der Waals surface area contributed by atoms with E-state index in [1.165, 1.54) is 19.1 Å². The van der Waals surface area contributed by atoms with E-state index in [1.807, 2.05) is 0 Å². The van der Waals surface area contributed by atoms with Crippen molar-refractivity contribution in [3.63, 3.8) is 0 Å². The highest BCUT2D eigenvalue weighted by molar-refractivity contribution is 5.87. The molecule has 1 heterocycles. The van der Waals surface area contributed by atoms with E-state index < -0.39 is 4.92 Å². The highest BCUT2D eigenvalue weighted by atomic mass is 16.6. The van der Waals surface area contributed by atoms with Gasteiger partial charge in [0.25, 0.3) is 5.69 Å². The van der Waals surface area contributed by atoms with Crippen LogP contribution in [0.3, 0.4) is 0 Å². The number of non-ortho nitro benzene ring substituents is 1. The van der Waals surface area contributed by atoms with E-state index in [1.54, 1.807) is 29.9 Å². The van der Waals surface area contributed by atoms with Gasteiger partial charge in [0.15, 0.2) is 0 Å². The average Bonchev–Trinajstić information content (AvgIpc) is 2.70. The van der Waals surface area contributed by atoms with Crippen molar-refractivity contribution in [1.82, 2.24) is 9.55 Å². The predicted molar refractivity (Wildman–Crippen MR) is 69.6 cm³/mol. The van der Waals surface area contributed by atoms with E-state index in [2.05, 4.69) is 10.3 Å². The van der Waals surface area contributed by atoms with Crippen molar-refractivity contribution in [3.8, 4) is 11.3 Å². The van der Waals surface area contributed by atoms with E-state index >= 15 is 0 Å². The Morgan fingerprint density at radius 2 is 2.21 bits per heavy atom. The third-order valence-electron chi connectivity index (χ3n) is 2.63. The van der Waals surface area contributed by atoms with Crippen LogP contribution in [-0.4, -0.2) is 20.4 Å². The summed E-state index contributed by atoms with van der Waals surface area (Å²) in [6.07, 6.45) is 1.56. The first-order valence-electron chi connectivity index (χ1n) is 5.53. The minimum Gasteiger partial charge on any atom is -0.313 e. The maximum atomic E-state index is 11.0. The van der Waals surface area contributed by atoms with Crippen LogP contribution in [0.15, 0.2) is 30.5 Å². The Hall–Kier alpha value is -2.70.